The maximum atomic E-state index is 10.3. The van der Waals surface area contributed by atoms with Crippen LogP contribution in [0.25, 0.3) is 0 Å². The van der Waals surface area contributed by atoms with Gasteiger partial charge >= 0.3 is 5.97 Å². The molecule has 0 aromatic heterocycles. The van der Waals surface area contributed by atoms with Crippen LogP contribution >= 0.6 is 15.9 Å². The molecule has 0 aliphatic heterocycles. The summed E-state index contributed by atoms with van der Waals surface area (Å²) in [4.78, 5) is 9.71. The van der Waals surface area contributed by atoms with Crippen molar-refractivity contribution in [2.45, 2.75) is 25.1 Å². The Kier molecular flexibility index (Phi) is 3.53. The minimum Gasteiger partial charge on any atom is -0.480 e. The van der Waals surface area contributed by atoms with Crippen LogP contribution in [0.3, 0.4) is 0 Å². The molecule has 1 atom stereocenters. The van der Waals surface area contributed by atoms with Gasteiger partial charge in [0.1, 0.15) is 4.83 Å². The molecule has 0 radical (unpaired) electrons. The molecule has 4 heteroatoms. The van der Waals surface area contributed by atoms with E-state index in [4.69, 9.17) is 10.4 Å². The molecule has 0 saturated heterocycles. The van der Waals surface area contributed by atoms with Gasteiger partial charge < -0.3 is 5.11 Å². The average Bonchev–Trinajstić information content (AvgIpc) is 1.87. The van der Waals surface area contributed by atoms with Gasteiger partial charge in [-0.15, -0.1) is 0 Å². The third-order valence-corrected chi connectivity index (χ3v) is 1.98. The van der Waals surface area contributed by atoms with E-state index < -0.39 is 16.2 Å². The molecule has 0 saturated carbocycles. The van der Waals surface area contributed by atoms with Crippen LogP contribution < -0.4 is 0 Å². The van der Waals surface area contributed by atoms with Crippen LogP contribution in [0.2, 0.25) is 0 Å². The molecule has 0 heterocycles. The second kappa shape index (κ2) is 3.72. The summed E-state index contributed by atoms with van der Waals surface area (Å²) in [7, 11) is 0. The fraction of sp³-hybridized carbons (Fsp3) is 0.714. The van der Waals surface area contributed by atoms with Crippen LogP contribution in [0.15, 0.2) is 0 Å². The maximum Gasteiger partial charge on any atom is 0.317 e. The third-order valence-electron chi connectivity index (χ3n) is 1.26. The van der Waals surface area contributed by atoms with Crippen LogP contribution in [0, 0.1) is 16.7 Å². The molecule has 11 heavy (non-hydrogen) atoms. The van der Waals surface area contributed by atoms with Crippen LogP contribution in [-0.4, -0.2) is 15.9 Å². The number of aliphatic carboxylic acids is 1. The molecule has 0 spiro atoms. The standard InChI is InChI=1S/C7H10BrNO2/c1-7(2,4-9)3-5(8)6(10)11/h5H,3H2,1-2H3,(H,10,11). The Labute approximate surface area is 74.1 Å². The molecule has 0 rings (SSSR count). The molecule has 62 valence electrons. The topological polar surface area (TPSA) is 61.1 Å². The molecule has 0 aromatic rings. The number of carbonyl (C=O) groups is 1. The van der Waals surface area contributed by atoms with Gasteiger partial charge in [0.2, 0.25) is 0 Å². The fourth-order valence-corrected chi connectivity index (χ4v) is 1.39. The smallest absolute Gasteiger partial charge is 0.317 e. The van der Waals surface area contributed by atoms with Crippen molar-refractivity contribution in [2.75, 3.05) is 0 Å². The molecular weight excluding hydrogens is 210 g/mol. The quantitative estimate of drug-likeness (QED) is 0.737. The molecule has 1 N–H and O–H groups in total. The lowest BCUT2D eigenvalue weighted by Gasteiger charge is -2.16. The van der Waals surface area contributed by atoms with E-state index in [1.807, 2.05) is 6.07 Å². The molecule has 0 aliphatic rings. The number of hydrogen-bond donors (Lipinski definition) is 1. The zero-order chi connectivity index (χ0) is 9.07. The third kappa shape index (κ3) is 3.99. The van der Waals surface area contributed by atoms with Crippen molar-refractivity contribution >= 4 is 21.9 Å². The SMILES string of the molecule is CC(C)(C#N)CC(Br)C(=O)O. The number of nitriles is 1. The van der Waals surface area contributed by atoms with Gasteiger partial charge in [0.05, 0.1) is 11.5 Å². The summed E-state index contributed by atoms with van der Waals surface area (Å²) in [5.74, 6) is -0.923. The van der Waals surface area contributed by atoms with E-state index in [2.05, 4.69) is 15.9 Å². The van der Waals surface area contributed by atoms with Crippen LogP contribution in [0.4, 0.5) is 0 Å². The lowest BCUT2D eigenvalue weighted by molar-refractivity contribution is -0.136. The lowest BCUT2D eigenvalue weighted by Crippen LogP contribution is -2.21. The fourth-order valence-electron chi connectivity index (χ4n) is 0.581. The van der Waals surface area contributed by atoms with Crippen molar-refractivity contribution in [3.63, 3.8) is 0 Å². The molecule has 0 aliphatic carbocycles. The summed E-state index contributed by atoms with van der Waals surface area (Å²) in [5, 5.41) is 17.0. The maximum absolute atomic E-state index is 10.3. The highest BCUT2D eigenvalue weighted by molar-refractivity contribution is 9.10. The van der Waals surface area contributed by atoms with E-state index >= 15 is 0 Å². The van der Waals surface area contributed by atoms with Crippen LogP contribution in [0.1, 0.15) is 20.3 Å². The van der Waals surface area contributed by atoms with Gasteiger partial charge in [-0.1, -0.05) is 15.9 Å². The van der Waals surface area contributed by atoms with E-state index in [-0.39, 0.29) is 0 Å². The first-order valence-electron chi connectivity index (χ1n) is 3.17. The van der Waals surface area contributed by atoms with E-state index in [0.717, 1.165) is 0 Å². The Morgan fingerprint density at radius 3 is 2.55 bits per heavy atom. The van der Waals surface area contributed by atoms with Crippen molar-refractivity contribution in [1.82, 2.24) is 0 Å². The first-order valence-corrected chi connectivity index (χ1v) is 4.09. The average molecular weight is 220 g/mol. The summed E-state index contributed by atoms with van der Waals surface area (Å²) in [6.07, 6.45) is 0.318. The van der Waals surface area contributed by atoms with Gasteiger partial charge in [0.25, 0.3) is 0 Å². The van der Waals surface area contributed by atoms with Crippen molar-refractivity contribution in [2.24, 2.45) is 5.41 Å². The number of carboxylic acids is 1. The molecule has 0 fully saturated rings. The van der Waals surface area contributed by atoms with Crippen molar-refractivity contribution in [3.8, 4) is 6.07 Å². The predicted octanol–water partition coefficient (Wildman–Crippen LogP) is 1.77. The normalized spacial score (nSPS) is 13.6. The lowest BCUT2D eigenvalue weighted by atomic mass is 9.90. The van der Waals surface area contributed by atoms with E-state index in [1.165, 1.54) is 0 Å². The summed E-state index contributed by atoms with van der Waals surface area (Å²) in [5.41, 5.74) is -0.577. The Hall–Kier alpha value is -0.560. The summed E-state index contributed by atoms with van der Waals surface area (Å²) >= 11 is 2.97. The molecule has 1 unspecified atom stereocenters. The highest BCUT2D eigenvalue weighted by atomic mass is 79.9. The van der Waals surface area contributed by atoms with Gasteiger partial charge in [0, 0.05) is 0 Å². The van der Waals surface area contributed by atoms with Crippen molar-refractivity contribution in [1.29, 1.82) is 5.26 Å². The van der Waals surface area contributed by atoms with Gasteiger partial charge in [0.15, 0.2) is 0 Å². The Bertz CT molecular complexity index is 195. The number of rotatable bonds is 3. The number of halogens is 1. The summed E-state index contributed by atoms with van der Waals surface area (Å²) in [6.45, 7) is 3.42. The van der Waals surface area contributed by atoms with E-state index in [1.54, 1.807) is 13.8 Å². The Morgan fingerprint density at radius 2 is 2.27 bits per heavy atom. The Balaban J connectivity index is 4.07. The first-order chi connectivity index (χ1) is 4.89. The second-order valence-corrected chi connectivity index (χ2v) is 4.11. The Morgan fingerprint density at radius 1 is 1.82 bits per heavy atom. The number of carboxylic acid groups (broad SMARTS) is 1. The zero-order valence-corrected chi connectivity index (χ0v) is 8.05. The molecule has 0 bridgehead atoms. The van der Waals surface area contributed by atoms with Gasteiger partial charge in [-0.2, -0.15) is 5.26 Å². The number of hydrogen-bond acceptors (Lipinski definition) is 2. The summed E-state index contributed by atoms with van der Waals surface area (Å²) < 4.78 is 0. The van der Waals surface area contributed by atoms with E-state index in [0.29, 0.717) is 6.42 Å². The highest BCUT2D eigenvalue weighted by Crippen LogP contribution is 2.24. The predicted molar refractivity (Wildman–Crippen MR) is 44.4 cm³/mol. The van der Waals surface area contributed by atoms with Crippen molar-refractivity contribution < 1.29 is 9.90 Å². The number of alkyl halides is 1. The monoisotopic (exact) mass is 219 g/mol. The largest absolute Gasteiger partial charge is 0.480 e. The van der Waals surface area contributed by atoms with Gasteiger partial charge in [-0.25, -0.2) is 0 Å². The minimum absolute atomic E-state index is 0.318. The molecule has 3 nitrogen and oxygen atoms in total. The second-order valence-electron chi connectivity index (χ2n) is 3.01. The first kappa shape index (κ1) is 10.4. The molecular formula is C7H10BrNO2. The van der Waals surface area contributed by atoms with E-state index in [9.17, 15) is 4.79 Å². The molecule has 0 aromatic carbocycles. The van der Waals surface area contributed by atoms with Crippen molar-refractivity contribution in [3.05, 3.63) is 0 Å². The van der Waals surface area contributed by atoms with Crippen LogP contribution in [0.5, 0.6) is 0 Å². The minimum atomic E-state index is -0.923. The van der Waals surface area contributed by atoms with Crippen LogP contribution in [-0.2, 0) is 4.79 Å². The zero-order valence-electron chi connectivity index (χ0n) is 6.47. The molecule has 0 amide bonds. The number of nitrogens with zero attached hydrogens (tertiary/aromatic N) is 1. The highest BCUT2D eigenvalue weighted by Gasteiger charge is 2.25. The summed E-state index contributed by atoms with van der Waals surface area (Å²) in [6, 6.07) is 2.03. The van der Waals surface area contributed by atoms with Gasteiger partial charge in [-0.05, 0) is 20.3 Å². The van der Waals surface area contributed by atoms with Gasteiger partial charge in [-0.3, -0.25) is 4.79 Å².